The Kier molecular flexibility index (Phi) is 5.10. The number of H-pyrrole nitrogens is 1. The number of fused-ring (bicyclic) bond motifs is 1. The van der Waals surface area contributed by atoms with Crippen LogP contribution in [0.25, 0.3) is 11.0 Å². The SMILES string of the molecule is Cc1cccc2[nH]c(C3CCCN(C(=O)CCCS(N)(=O)=O)C3)nc12. The van der Waals surface area contributed by atoms with Crippen LogP contribution in [0.3, 0.4) is 0 Å². The van der Waals surface area contributed by atoms with E-state index in [-0.39, 0.29) is 30.4 Å². The number of nitrogens with zero attached hydrogens (tertiary/aromatic N) is 2. The van der Waals surface area contributed by atoms with Crippen LogP contribution in [-0.2, 0) is 14.8 Å². The number of carbonyl (C=O) groups excluding carboxylic acids is 1. The van der Waals surface area contributed by atoms with Crippen LogP contribution < -0.4 is 5.14 Å². The van der Waals surface area contributed by atoms with Crippen LogP contribution in [0, 0.1) is 6.92 Å². The highest BCUT2D eigenvalue weighted by Crippen LogP contribution is 2.28. The molecule has 136 valence electrons. The summed E-state index contributed by atoms with van der Waals surface area (Å²) in [5, 5.41) is 4.98. The lowest BCUT2D eigenvalue weighted by Crippen LogP contribution is -2.39. The molecule has 0 spiro atoms. The first-order valence-corrected chi connectivity index (χ1v) is 10.3. The summed E-state index contributed by atoms with van der Waals surface area (Å²) in [5.41, 5.74) is 3.13. The summed E-state index contributed by atoms with van der Waals surface area (Å²) >= 11 is 0. The summed E-state index contributed by atoms with van der Waals surface area (Å²) in [6.45, 7) is 3.37. The topological polar surface area (TPSA) is 109 Å². The molecule has 0 bridgehead atoms. The van der Waals surface area contributed by atoms with Crippen molar-refractivity contribution in [1.29, 1.82) is 0 Å². The van der Waals surface area contributed by atoms with Gasteiger partial charge in [0.05, 0.1) is 16.8 Å². The standard InChI is InChI=1S/C17H24N4O3S/c1-12-5-2-7-14-16(12)20-17(19-14)13-6-3-9-21(11-13)15(22)8-4-10-25(18,23)24/h2,5,7,13H,3-4,6,8-11H2,1H3,(H,19,20)(H2,18,23,24). The normalized spacial score (nSPS) is 18.6. The molecule has 3 N–H and O–H groups in total. The molecule has 7 nitrogen and oxygen atoms in total. The summed E-state index contributed by atoms with van der Waals surface area (Å²) < 4.78 is 22.0. The molecule has 1 aliphatic rings. The zero-order chi connectivity index (χ0) is 18.0. The van der Waals surface area contributed by atoms with Crippen molar-refractivity contribution in [2.45, 2.75) is 38.5 Å². The number of para-hydroxylation sites is 1. The van der Waals surface area contributed by atoms with E-state index in [4.69, 9.17) is 10.1 Å². The Labute approximate surface area is 147 Å². The number of amides is 1. The first-order chi connectivity index (χ1) is 11.8. The number of sulfonamides is 1. The van der Waals surface area contributed by atoms with Crippen LogP contribution in [0.4, 0.5) is 0 Å². The van der Waals surface area contributed by atoms with Crippen molar-refractivity contribution in [2.75, 3.05) is 18.8 Å². The second-order valence-electron chi connectivity index (χ2n) is 6.74. The minimum Gasteiger partial charge on any atom is -0.342 e. The number of rotatable bonds is 5. The van der Waals surface area contributed by atoms with Crippen molar-refractivity contribution < 1.29 is 13.2 Å². The molecule has 1 aromatic carbocycles. The number of hydrogen-bond acceptors (Lipinski definition) is 4. The lowest BCUT2D eigenvalue weighted by atomic mass is 9.97. The summed E-state index contributed by atoms with van der Waals surface area (Å²) in [4.78, 5) is 22.3. The van der Waals surface area contributed by atoms with Gasteiger partial charge in [-0.3, -0.25) is 4.79 Å². The number of nitrogens with two attached hydrogens (primary N) is 1. The van der Waals surface area contributed by atoms with Gasteiger partial charge in [0, 0.05) is 25.4 Å². The van der Waals surface area contributed by atoms with Crippen molar-refractivity contribution in [1.82, 2.24) is 14.9 Å². The fourth-order valence-corrected chi connectivity index (χ4v) is 3.94. The van der Waals surface area contributed by atoms with Gasteiger partial charge in [-0.15, -0.1) is 0 Å². The van der Waals surface area contributed by atoms with Gasteiger partial charge < -0.3 is 9.88 Å². The highest BCUT2D eigenvalue weighted by Gasteiger charge is 2.26. The lowest BCUT2D eigenvalue weighted by Gasteiger charge is -2.32. The molecule has 3 rings (SSSR count). The van der Waals surface area contributed by atoms with Gasteiger partial charge in [0.15, 0.2) is 0 Å². The van der Waals surface area contributed by atoms with E-state index in [2.05, 4.69) is 4.98 Å². The molecule has 2 heterocycles. The maximum absolute atomic E-state index is 12.3. The number of likely N-dealkylation sites (tertiary alicyclic amines) is 1. The van der Waals surface area contributed by atoms with Gasteiger partial charge in [-0.25, -0.2) is 18.5 Å². The molecule has 1 aromatic heterocycles. The van der Waals surface area contributed by atoms with E-state index in [1.54, 1.807) is 0 Å². The second kappa shape index (κ2) is 7.13. The van der Waals surface area contributed by atoms with E-state index < -0.39 is 10.0 Å². The zero-order valence-electron chi connectivity index (χ0n) is 14.4. The largest absolute Gasteiger partial charge is 0.342 e. The first-order valence-electron chi connectivity index (χ1n) is 8.57. The van der Waals surface area contributed by atoms with Crippen molar-refractivity contribution in [3.8, 4) is 0 Å². The van der Waals surface area contributed by atoms with Crippen LogP contribution in [0.5, 0.6) is 0 Å². The Morgan fingerprint density at radius 3 is 2.96 bits per heavy atom. The maximum atomic E-state index is 12.3. The first kappa shape index (κ1) is 17.9. The van der Waals surface area contributed by atoms with E-state index >= 15 is 0 Å². The maximum Gasteiger partial charge on any atom is 0.222 e. The van der Waals surface area contributed by atoms with Gasteiger partial charge in [0.25, 0.3) is 0 Å². The molecule has 1 atom stereocenters. The van der Waals surface area contributed by atoms with E-state index in [1.807, 2.05) is 30.0 Å². The van der Waals surface area contributed by atoms with Gasteiger partial charge >= 0.3 is 0 Å². The third-order valence-electron chi connectivity index (χ3n) is 4.71. The highest BCUT2D eigenvalue weighted by molar-refractivity contribution is 7.89. The van der Waals surface area contributed by atoms with Gasteiger partial charge in [-0.1, -0.05) is 12.1 Å². The van der Waals surface area contributed by atoms with Gasteiger partial charge in [-0.05, 0) is 37.8 Å². The third-order valence-corrected chi connectivity index (χ3v) is 5.57. The summed E-state index contributed by atoms with van der Waals surface area (Å²) in [7, 11) is -3.51. The van der Waals surface area contributed by atoms with Gasteiger partial charge in [0.2, 0.25) is 15.9 Å². The Morgan fingerprint density at radius 1 is 1.44 bits per heavy atom. The predicted molar refractivity (Wildman–Crippen MR) is 96.6 cm³/mol. The van der Waals surface area contributed by atoms with Crippen molar-refractivity contribution in [3.63, 3.8) is 0 Å². The Morgan fingerprint density at radius 2 is 2.24 bits per heavy atom. The van der Waals surface area contributed by atoms with Gasteiger partial charge in [-0.2, -0.15) is 0 Å². The molecular weight excluding hydrogens is 340 g/mol. The predicted octanol–water partition coefficient (Wildman–Crippen LogP) is 1.65. The van der Waals surface area contributed by atoms with E-state index in [0.717, 1.165) is 35.3 Å². The number of carbonyl (C=O) groups is 1. The fourth-order valence-electron chi connectivity index (χ4n) is 3.40. The number of aryl methyl sites for hydroxylation is 1. The van der Waals surface area contributed by atoms with Crippen molar-refractivity contribution in [2.24, 2.45) is 5.14 Å². The average Bonchev–Trinajstić information content (AvgIpc) is 2.99. The lowest BCUT2D eigenvalue weighted by molar-refractivity contribution is -0.132. The van der Waals surface area contributed by atoms with Crippen LogP contribution in [0.15, 0.2) is 18.2 Å². The van der Waals surface area contributed by atoms with Crippen LogP contribution in [0.1, 0.15) is 43.0 Å². The minimum absolute atomic E-state index is 0.0133. The van der Waals surface area contributed by atoms with Crippen LogP contribution in [-0.4, -0.2) is 48.0 Å². The van der Waals surface area contributed by atoms with E-state index in [0.29, 0.717) is 13.1 Å². The Hall–Kier alpha value is -1.93. The molecule has 1 fully saturated rings. The summed E-state index contributed by atoms with van der Waals surface area (Å²) in [6.07, 6.45) is 2.38. The van der Waals surface area contributed by atoms with E-state index in [1.165, 1.54) is 0 Å². The molecule has 2 aromatic rings. The Balaban J connectivity index is 1.66. The van der Waals surface area contributed by atoms with Crippen molar-refractivity contribution >= 4 is 27.0 Å². The molecule has 1 amide bonds. The smallest absolute Gasteiger partial charge is 0.222 e. The van der Waals surface area contributed by atoms with E-state index in [9.17, 15) is 13.2 Å². The van der Waals surface area contributed by atoms with Crippen LogP contribution in [0.2, 0.25) is 0 Å². The molecular formula is C17H24N4O3S. The summed E-state index contributed by atoms with van der Waals surface area (Å²) in [6, 6.07) is 6.05. The summed E-state index contributed by atoms with van der Waals surface area (Å²) in [5.74, 6) is 0.938. The molecule has 0 aliphatic carbocycles. The number of hydrogen-bond donors (Lipinski definition) is 2. The monoisotopic (exact) mass is 364 g/mol. The molecule has 1 unspecified atom stereocenters. The quantitative estimate of drug-likeness (QED) is 0.840. The number of nitrogens with one attached hydrogen (secondary N) is 1. The molecule has 0 saturated carbocycles. The molecule has 8 heteroatoms. The number of piperidine rings is 1. The third kappa shape index (κ3) is 4.38. The molecule has 1 aliphatic heterocycles. The second-order valence-corrected chi connectivity index (χ2v) is 8.48. The molecule has 0 radical (unpaired) electrons. The van der Waals surface area contributed by atoms with Crippen LogP contribution >= 0.6 is 0 Å². The highest BCUT2D eigenvalue weighted by atomic mass is 32.2. The number of aromatic amines is 1. The van der Waals surface area contributed by atoms with Gasteiger partial charge in [0.1, 0.15) is 5.82 Å². The molecule has 25 heavy (non-hydrogen) atoms. The van der Waals surface area contributed by atoms with Crippen molar-refractivity contribution in [3.05, 3.63) is 29.6 Å². The fraction of sp³-hybridized carbons (Fsp3) is 0.529. The number of benzene rings is 1. The number of imidazole rings is 1. The average molecular weight is 364 g/mol. The minimum atomic E-state index is -3.51. The Bertz CT molecular complexity index is 875. The zero-order valence-corrected chi connectivity index (χ0v) is 15.2. The number of aromatic nitrogens is 2. The number of primary sulfonamides is 1. The molecule has 1 saturated heterocycles.